The van der Waals surface area contributed by atoms with E-state index >= 15 is 0 Å². The van der Waals surface area contributed by atoms with Crippen molar-refractivity contribution >= 4 is 29.4 Å². The number of amides is 3. The maximum Gasteiger partial charge on any atom is 0.328 e. The maximum absolute atomic E-state index is 12.9. The van der Waals surface area contributed by atoms with Crippen LogP contribution in [0.15, 0.2) is 54.6 Å². The summed E-state index contributed by atoms with van der Waals surface area (Å²) in [6.07, 6.45) is -2.59. The predicted molar refractivity (Wildman–Crippen MR) is 142 cm³/mol. The molecule has 10 heteroatoms. The fourth-order valence-electron chi connectivity index (χ4n) is 3.81. The summed E-state index contributed by atoms with van der Waals surface area (Å²) in [6, 6.07) is 13.9. The van der Waals surface area contributed by atoms with Gasteiger partial charge in [-0.2, -0.15) is 0 Å². The Balaban J connectivity index is 2.07. The maximum atomic E-state index is 12.9. The molecule has 2 unspecified atom stereocenters. The van der Waals surface area contributed by atoms with Crippen LogP contribution in [0.3, 0.4) is 0 Å². The summed E-state index contributed by atoms with van der Waals surface area (Å²) in [5, 5.41) is 25.5. The Morgan fingerprint density at radius 3 is 2.11 bits per heavy atom. The first-order valence-electron chi connectivity index (χ1n) is 12.8. The molecule has 0 aliphatic heterocycles. The molecule has 2 rings (SSSR count). The number of aliphatic hydroxyl groups excluding tert-OH is 2. The minimum absolute atomic E-state index is 0.0871. The first-order valence-corrected chi connectivity index (χ1v) is 12.8. The van der Waals surface area contributed by atoms with E-state index in [-0.39, 0.29) is 24.6 Å². The highest BCUT2D eigenvalue weighted by Crippen LogP contribution is 2.15. The molecular formula is C28H37N3O7. The van der Waals surface area contributed by atoms with Gasteiger partial charge in [0.05, 0.1) is 6.61 Å². The second kappa shape index (κ2) is 15.5. The number of ether oxygens (including phenoxy) is 1. The van der Waals surface area contributed by atoms with Gasteiger partial charge in [-0.05, 0) is 43.5 Å². The average molecular weight is 528 g/mol. The van der Waals surface area contributed by atoms with Crippen LogP contribution in [0.25, 0.3) is 0 Å². The van der Waals surface area contributed by atoms with Crippen LogP contribution in [-0.2, 0) is 25.5 Å². The smallest absolute Gasteiger partial charge is 0.328 e. The van der Waals surface area contributed by atoms with Gasteiger partial charge in [0.25, 0.3) is 17.7 Å². The monoisotopic (exact) mass is 527 g/mol. The van der Waals surface area contributed by atoms with Crippen molar-refractivity contribution in [1.82, 2.24) is 10.2 Å². The molecule has 0 aliphatic carbocycles. The van der Waals surface area contributed by atoms with Gasteiger partial charge >= 0.3 is 5.97 Å². The second-order valence-corrected chi connectivity index (χ2v) is 8.75. The molecule has 206 valence electrons. The van der Waals surface area contributed by atoms with E-state index in [2.05, 4.69) is 10.6 Å². The van der Waals surface area contributed by atoms with Crippen molar-refractivity contribution in [3.05, 3.63) is 65.7 Å². The average Bonchev–Trinajstić information content (AvgIpc) is 2.92. The van der Waals surface area contributed by atoms with Crippen molar-refractivity contribution in [1.29, 1.82) is 0 Å². The third-order valence-corrected chi connectivity index (χ3v) is 5.66. The SMILES string of the molecule is CCCN(CCC)C(=O)c1cccc(NC(=O)C(O)C(O)C(=O)N[C@H](Cc2ccccc2)C(=O)OCC)c1. The molecule has 0 fully saturated rings. The Morgan fingerprint density at radius 2 is 1.50 bits per heavy atom. The number of aliphatic hydroxyl groups is 2. The molecule has 3 amide bonds. The molecule has 10 nitrogen and oxygen atoms in total. The molecule has 0 saturated heterocycles. The van der Waals surface area contributed by atoms with E-state index in [1.165, 1.54) is 12.1 Å². The molecule has 2 aromatic rings. The zero-order valence-electron chi connectivity index (χ0n) is 22.1. The van der Waals surface area contributed by atoms with E-state index in [9.17, 15) is 29.4 Å². The van der Waals surface area contributed by atoms with Crippen LogP contribution in [0, 0.1) is 0 Å². The quantitative estimate of drug-likeness (QED) is 0.275. The molecule has 0 radical (unpaired) electrons. The summed E-state index contributed by atoms with van der Waals surface area (Å²) in [4.78, 5) is 52.2. The van der Waals surface area contributed by atoms with E-state index in [0.717, 1.165) is 18.4 Å². The fourth-order valence-corrected chi connectivity index (χ4v) is 3.81. The first-order chi connectivity index (χ1) is 18.2. The largest absolute Gasteiger partial charge is 0.464 e. The first kappa shape index (κ1) is 30.5. The number of nitrogens with one attached hydrogen (secondary N) is 2. The number of hydrogen-bond donors (Lipinski definition) is 4. The third-order valence-electron chi connectivity index (χ3n) is 5.66. The lowest BCUT2D eigenvalue weighted by Crippen LogP contribution is -2.52. The molecule has 0 heterocycles. The molecule has 0 saturated carbocycles. The van der Waals surface area contributed by atoms with Gasteiger partial charge in [0.1, 0.15) is 6.04 Å². The van der Waals surface area contributed by atoms with Crippen LogP contribution in [0.4, 0.5) is 5.69 Å². The molecular weight excluding hydrogens is 490 g/mol. The van der Waals surface area contributed by atoms with Crippen molar-refractivity contribution in [3.8, 4) is 0 Å². The van der Waals surface area contributed by atoms with Crippen LogP contribution in [-0.4, -0.2) is 76.7 Å². The van der Waals surface area contributed by atoms with Crippen LogP contribution in [0.5, 0.6) is 0 Å². The van der Waals surface area contributed by atoms with Gasteiger partial charge in [-0.25, -0.2) is 4.79 Å². The van der Waals surface area contributed by atoms with Crippen molar-refractivity contribution in [2.75, 3.05) is 25.0 Å². The number of carbonyl (C=O) groups excluding carboxylic acids is 4. The van der Waals surface area contributed by atoms with Crippen molar-refractivity contribution in [2.45, 2.75) is 58.3 Å². The summed E-state index contributed by atoms with van der Waals surface area (Å²) >= 11 is 0. The molecule has 0 aromatic heterocycles. The molecule has 0 bridgehead atoms. The summed E-state index contributed by atoms with van der Waals surface area (Å²) < 4.78 is 5.01. The van der Waals surface area contributed by atoms with E-state index in [1.54, 1.807) is 54.3 Å². The standard InChI is InChI=1S/C28H37N3O7/c1-4-15-31(16-5-2)27(36)20-13-10-14-21(18-20)29-25(34)23(32)24(33)26(35)30-22(28(37)38-6-3)17-19-11-8-7-9-12-19/h7-14,18,22-24,32-33H,4-6,15-17H2,1-3H3,(H,29,34)(H,30,35)/t22-,23?,24?/m1/s1. The summed E-state index contributed by atoms with van der Waals surface area (Å²) in [6.45, 7) is 6.86. The fraction of sp³-hybridized carbons (Fsp3) is 0.429. The Labute approximate surface area is 223 Å². The van der Waals surface area contributed by atoms with Gasteiger partial charge in [0.2, 0.25) is 0 Å². The number of rotatable bonds is 14. The van der Waals surface area contributed by atoms with E-state index in [4.69, 9.17) is 4.74 Å². The molecule has 3 atom stereocenters. The predicted octanol–water partition coefficient (Wildman–Crippen LogP) is 1.90. The van der Waals surface area contributed by atoms with Gasteiger partial charge in [0.15, 0.2) is 12.2 Å². The van der Waals surface area contributed by atoms with Crippen molar-refractivity contribution in [3.63, 3.8) is 0 Å². The number of anilines is 1. The van der Waals surface area contributed by atoms with Crippen molar-refractivity contribution in [2.24, 2.45) is 0 Å². The zero-order valence-corrected chi connectivity index (χ0v) is 22.1. The minimum atomic E-state index is -2.16. The van der Waals surface area contributed by atoms with Gasteiger partial charge in [0, 0.05) is 30.8 Å². The summed E-state index contributed by atoms with van der Waals surface area (Å²) in [5.74, 6) is -3.06. The number of benzene rings is 2. The lowest BCUT2D eigenvalue weighted by molar-refractivity contribution is -0.150. The molecule has 0 aliphatic rings. The van der Waals surface area contributed by atoms with Gasteiger partial charge in [-0.3, -0.25) is 14.4 Å². The molecule has 2 aromatic carbocycles. The lowest BCUT2D eigenvalue weighted by atomic mass is 10.0. The van der Waals surface area contributed by atoms with Crippen LogP contribution >= 0.6 is 0 Å². The lowest BCUT2D eigenvalue weighted by Gasteiger charge is -2.22. The highest BCUT2D eigenvalue weighted by Gasteiger charge is 2.33. The Morgan fingerprint density at radius 1 is 0.868 bits per heavy atom. The summed E-state index contributed by atoms with van der Waals surface area (Å²) in [7, 11) is 0. The minimum Gasteiger partial charge on any atom is -0.464 e. The highest BCUT2D eigenvalue weighted by atomic mass is 16.5. The highest BCUT2D eigenvalue weighted by molar-refractivity contribution is 6.00. The zero-order chi connectivity index (χ0) is 28.1. The molecule has 0 spiro atoms. The Kier molecular flexibility index (Phi) is 12.4. The van der Waals surface area contributed by atoms with E-state index < -0.39 is 36.0 Å². The van der Waals surface area contributed by atoms with E-state index in [1.807, 2.05) is 13.8 Å². The Hall–Kier alpha value is -3.76. The van der Waals surface area contributed by atoms with Gasteiger partial charge < -0.3 is 30.5 Å². The topological polar surface area (TPSA) is 145 Å². The number of nitrogens with zero attached hydrogens (tertiary/aromatic N) is 1. The molecule has 38 heavy (non-hydrogen) atoms. The van der Waals surface area contributed by atoms with Crippen LogP contribution in [0.2, 0.25) is 0 Å². The number of hydrogen-bond acceptors (Lipinski definition) is 7. The van der Waals surface area contributed by atoms with Crippen LogP contribution < -0.4 is 10.6 Å². The third kappa shape index (κ3) is 8.97. The Bertz CT molecular complexity index is 1070. The van der Waals surface area contributed by atoms with Crippen LogP contribution in [0.1, 0.15) is 49.5 Å². The number of esters is 1. The second-order valence-electron chi connectivity index (χ2n) is 8.75. The molecule has 4 N–H and O–H groups in total. The normalized spacial score (nSPS) is 13.1. The number of carbonyl (C=O) groups is 4. The van der Waals surface area contributed by atoms with Gasteiger partial charge in [-0.15, -0.1) is 0 Å². The van der Waals surface area contributed by atoms with Crippen molar-refractivity contribution < 1.29 is 34.1 Å². The van der Waals surface area contributed by atoms with Gasteiger partial charge in [-0.1, -0.05) is 50.2 Å². The summed E-state index contributed by atoms with van der Waals surface area (Å²) in [5.41, 5.74) is 1.31. The van der Waals surface area contributed by atoms with E-state index in [0.29, 0.717) is 18.7 Å².